The SMILES string of the molecule is CCN1CCC(CNc2nc(CC(=O)O)cs2)C1. The predicted octanol–water partition coefficient (Wildman–Crippen LogP) is 1.52. The van der Waals surface area contributed by atoms with Crippen molar-refractivity contribution in [3.63, 3.8) is 0 Å². The number of carboxylic acid groups (broad SMARTS) is 1. The van der Waals surface area contributed by atoms with Gasteiger partial charge in [0.05, 0.1) is 12.1 Å². The van der Waals surface area contributed by atoms with E-state index in [0.29, 0.717) is 11.6 Å². The summed E-state index contributed by atoms with van der Waals surface area (Å²) >= 11 is 1.48. The van der Waals surface area contributed by atoms with Crippen LogP contribution < -0.4 is 5.32 Å². The normalized spacial score (nSPS) is 20.2. The smallest absolute Gasteiger partial charge is 0.309 e. The zero-order chi connectivity index (χ0) is 13.0. The Balaban J connectivity index is 1.76. The maximum Gasteiger partial charge on any atom is 0.309 e. The van der Waals surface area contributed by atoms with E-state index in [1.54, 1.807) is 0 Å². The van der Waals surface area contributed by atoms with Gasteiger partial charge in [0.25, 0.3) is 0 Å². The van der Waals surface area contributed by atoms with E-state index in [9.17, 15) is 4.79 Å². The Morgan fingerprint density at radius 1 is 1.72 bits per heavy atom. The molecule has 2 rings (SSSR count). The van der Waals surface area contributed by atoms with E-state index in [2.05, 4.69) is 22.1 Å². The van der Waals surface area contributed by atoms with E-state index in [0.717, 1.165) is 24.8 Å². The summed E-state index contributed by atoms with van der Waals surface area (Å²) in [5, 5.41) is 14.6. The van der Waals surface area contributed by atoms with Crippen LogP contribution in [0.3, 0.4) is 0 Å². The summed E-state index contributed by atoms with van der Waals surface area (Å²) in [5.41, 5.74) is 0.636. The number of aromatic nitrogens is 1. The van der Waals surface area contributed by atoms with Crippen LogP contribution in [0.15, 0.2) is 5.38 Å². The van der Waals surface area contributed by atoms with Crippen LogP contribution >= 0.6 is 11.3 Å². The molecule has 1 aromatic heterocycles. The van der Waals surface area contributed by atoms with E-state index < -0.39 is 5.97 Å². The number of hydrogen-bond donors (Lipinski definition) is 2. The first-order valence-electron chi connectivity index (χ1n) is 6.29. The molecule has 0 bridgehead atoms. The molecule has 1 aliphatic rings. The topological polar surface area (TPSA) is 65.5 Å². The fourth-order valence-electron chi connectivity index (χ4n) is 2.22. The van der Waals surface area contributed by atoms with Crippen molar-refractivity contribution in [3.05, 3.63) is 11.1 Å². The van der Waals surface area contributed by atoms with Crippen molar-refractivity contribution in [2.45, 2.75) is 19.8 Å². The zero-order valence-corrected chi connectivity index (χ0v) is 11.4. The molecule has 0 radical (unpaired) electrons. The molecule has 0 saturated carbocycles. The zero-order valence-electron chi connectivity index (χ0n) is 10.6. The van der Waals surface area contributed by atoms with Crippen molar-refractivity contribution in [2.75, 3.05) is 31.5 Å². The summed E-state index contributed by atoms with van der Waals surface area (Å²) < 4.78 is 0. The number of thiazole rings is 1. The fourth-order valence-corrected chi connectivity index (χ4v) is 2.94. The molecule has 1 fully saturated rings. The largest absolute Gasteiger partial charge is 0.481 e. The molecule has 1 atom stereocenters. The number of nitrogens with zero attached hydrogens (tertiary/aromatic N) is 2. The molecule has 1 unspecified atom stereocenters. The second-order valence-corrected chi connectivity index (χ2v) is 5.50. The van der Waals surface area contributed by atoms with Crippen molar-refractivity contribution < 1.29 is 9.90 Å². The van der Waals surface area contributed by atoms with E-state index in [1.807, 2.05) is 5.38 Å². The van der Waals surface area contributed by atoms with Crippen molar-refractivity contribution in [3.8, 4) is 0 Å². The summed E-state index contributed by atoms with van der Waals surface area (Å²) in [5.74, 6) is -0.155. The predicted molar refractivity (Wildman–Crippen MR) is 72.2 cm³/mol. The van der Waals surface area contributed by atoms with Crippen LogP contribution in [-0.2, 0) is 11.2 Å². The number of likely N-dealkylation sites (tertiary alicyclic amines) is 1. The van der Waals surface area contributed by atoms with Crippen LogP contribution in [0.1, 0.15) is 19.0 Å². The van der Waals surface area contributed by atoms with Gasteiger partial charge in [0.15, 0.2) is 5.13 Å². The third-order valence-corrected chi connectivity index (χ3v) is 4.09. The van der Waals surface area contributed by atoms with Gasteiger partial charge in [-0.15, -0.1) is 11.3 Å². The molecule has 2 N–H and O–H groups in total. The van der Waals surface area contributed by atoms with E-state index in [1.165, 1.54) is 24.3 Å². The van der Waals surface area contributed by atoms with Crippen LogP contribution in [-0.4, -0.2) is 47.1 Å². The number of carboxylic acids is 1. The van der Waals surface area contributed by atoms with Crippen LogP contribution in [0.2, 0.25) is 0 Å². The Hall–Kier alpha value is -1.14. The Labute approximate surface area is 111 Å². The molecule has 6 heteroatoms. The Morgan fingerprint density at radius 3 is 3.22 bits per heavy atom. The molecule has 1 aromatic rings. The molecule has 5 nitrogen and oxygen atoms in total. The molecule has 0 aliphatic carbocycles. The molecule has 100 valence electrons. The van der Waals surface area contributed by atoms with Gasteiger partial charge >= 0.3 is 5.97 Å². The fraction of sp³-hybridized carbons (Fsp3) is 0.667. The highest BCUT2D eigenvalue weighted by Gasteiger charge is 2.20. The van der Waals surface area contributed by atoms with Crippen LogP contribution in [0, 0.1) is 5.92 Å². The second kappa shape index (κ2) is 6.15. The van der Waals surface area contributed by atoms with Crippen molar-refractivity contribution in [2.24, 2.45) is 5.92 Å². The first-order chi connectivity index (χ1) is 8.67. The first kappa shape index (κ1) is 13.3. The van der Waals surface area contributed by atoms with E-state index >= 15 is 0 Å². The average molecular weight is 269 g/mol. The van der Waals surface area contributed by atoms with Crippen LogP contribution in [0.4, 0.5) is 5.13 Å². The maximum atomic E-state index is 10.6. The highest BCUT2D eigenvalue weighted by atomic mass is 32.1. The van der Waals surface area contributed by atoms with Crippen LogP contribution in [0.25, 0.3) is 0 Å². The van der Waals surface area contributed by atoms with Gasteiger partial charge in [-0.1, -0.05) is 6.92 Å². The minimum atomic E-state index is -0.832. The molecule has 2 heterocycles. The van der Waals surface area contributed by atoms with Gasteiger partial charge in [0.2, 0.25) is 0 Å². The monoisotopic (exact) mass is 269 g/mol. The number of anilines is 1. The number of aliphatic carboxylic acids is 1. The number of rotatable bonds is 6. The molecular weight excluding hydrogens is 250 g/mol. The number of carbonyl (C=O) groups is 1. The lowest BCUT2D eigenvalue weighted by molar-refractivity contribution is -0.136. The summed E-state index contributed by atoms with van der Waals surface area (Å²) in [6.07, 6.45) is 1.24. The maximum absolute atomic E-state index is 10.6. The summed E-state index contributed by atoms with van der Waals surface area (Å²) in [6, 6.07) is 0. The average Bonchev–Trinajstić information content (AvgIpc) is 2.94. The third-order valence-electron chi connectivity index (χ3n) is 3.24. The molecule has 0 aromatic carbocycles. The van der Waals surface area contributed by atoms with Crippen LogP contribution in [0.5, 0.6) is 0 Å². The molecule has 1 saturated heterocycles. The minimum absolute atomic E-state index is 0.00518. The van der Waals surface area contributed by atoms with Gasteiger partial charge < -0.3 is 15.3 Å². The highest BCUT2D eigenvalue weighted by molar-refractivity contribution is 7.13. The molecule has 0 spiro atoms. The highest BCUT2D eigenvalue weighted by Crippen LogP contribution is 2.19. The minimum Gasteiger partial charge on any atom is -0.481 e. The first-order valence-corrected chi connectivity index (χ1v) is 7.17. The molecule has 1 aliphatic heterocycles. The van der Waals surface area contributed by atoms with Gasteiger partial charge in [0, 0.05) is 18.5 Å². The lowest BCUT2D eigenvalue weighted by Crippen LogP contribution is -2.22. The van der Waals surface area contributed by atoms with Gasteiger partial charge in [-0.2, -0.15) is 0 Å². The van der Waals surface area contributed by atoms with Gasteiger partial charge in [-0.05, 0) is 25.4 Å². The Morgan fingerprint density at radius 2 is 2.56 bits per heavy atom. The van der Waals surface area contributed by atoms with Gasteiger partial charge in [-0.25, -0.2) is 4.98 Å². The van der Waals surface area contributed by atoms with Crippen molar-refractivity contribution >= 4 is 22.4 Å². The van der Waals surface area contributed by atoms with Crippen molar-refractivity contribution in [1.82, 2.24) is 9.88 Å². The number of nitrogens with one attached hydrogen (secondary N) is 1. The lowest BCUT2D eigenvalue weighted by Gasteiger charge is -2.13. The molecule has 0 amide bonds. The van der Waals surface area contributed by atoms with Gasteiger partial charge in [-0.3, -0.25) is 4.79 Å². The van der Waals surface area contributed by atoms with Crippen molar-refractivity contribution in [1.29, 1.82) is 0 Å². The summed E-state index contributed by atoms with van der Waals surface area (Å²) in [6.45, 7) is 6.57. The lowest BCUT2D eigenvalue weighted by atomic mass is 10.1. The summed E-state index contributed by atoms with van der Waals surface area (Å²) in [7, 11) is 0. The van der Waals surface area contributed by atoms with E-state index in [4.69, 9.17) is 5.11 Å². The second-order valence-electron chi connectivity index (χ2n) is 4.64. The third kappa shape index (κ3) is 3.68. The summed E-state index contributed by atoms with van der Waals surface area (Å²) in [4.78, 5) is 17.3. The standard InChI is InChI=1S/C12H19N3O2S/c1-2-15-4-3-9(7-15)6-13-12-14-10(8-18-12)5-11(16)17/h8-9H,2-7H2,1H3,(H,13,14)(H,16,17). The molecule has 18 heavy (non-hydrogen) atoms. The number of hydrogen-bond acceptors (Lipinski definition) is 5. The Kier molecular flexibility index (Phi) is 4.54. The Bertz CT molecular complexity index is 408. The van der Waals surface area contributed by atoms with E-state index in [-0.39, 0.29) is 6.42 Å². The molecular formula is C12H19N3O2S. The van der Waals surface area contributed by atoms with Gasteiger partial charge in [0.1, 0.15) is 0 Å². The quantitative estimate of drug-likeness (QED) is 0.820.